The zero-order chi connectivity index (χ0) is 20.9. The number of nitrogens with zero attached hydrogens (tertiary/aromatic N) is 4. The molecule has 4 rings (SSSR count). The molecule has 0 atom stereocenters. The van der Waals surface area contributed by atoms with Crippen molar-refractivity contribution in [1.29, 1.82) is 0 Å². The number of piperidine rings is 1. The van der Waals surface area contributed by atoms with Crippen LogP contribution in [0.1, 0.15) is 45.7 Å². The Hall–Kier alpha value is -3.75. The lowest BCUT2D eigenvalue weighted by Gasteiger charge is -2.27. The zero-order valence-electron chi connectivity index (χ0n) is 16.7. The molecule has 0 radical (unpaired) electrons. The number of H-pyrrole nitrogens is 1. The van der Waals surface area contributed by atoms with Gasteiger partial charge in [0.25, 0.3) is 11.8 Å². The Balaban J connectivity index is 1.42. The van der Waals surface area contributed by atoms with Crippen LogP contribution in [0, 0.1) is 6.92 Å². The van der Waals surface area contributed by atoms with Crippen LogP contribution in [0.4, 0.5) is 17.2 Å². The van der Waals surface area contributed by atoms with Crippen molar-refractivity contribution in [2.24, 2.45) is 0 Å². The van der Waals surface area contributed by atoms with E-state index < -0.39 is 5.91 Å². The summed E-state index contributed by atoms with van der Waals surface area (Å²) in [7, 11) is 0. The first-order chi connectivity index (χ1) is 14.6. The number of aryl methyl sites for hydroxylation is 1. The first-order valence-corrected chi connectivity index (χ1v) is 9.89. The molecular formula is C21H23N7O2. The SMILES string of the molecule is Cc1cncc(C(=O)Nc2cn[nH]c2C(=O)Nc2ccc(N3CCCCC3)nc2)c1. The Labute approximate surface area is 173 Å². The highest BCUT2D eigenvalue weighted by Crippen LogP contribution is 2.20. The minimum Gasteiger partial charge on any atom is -0.357 e. The summed E-state index contributed by atoms with van der Waals surface area (Å²) in [5.74, 6) is 0.126. The Bertz CT molecular complexity index is 1040. The van der Waals surface area contributed by atoms with E-state index in [-0.39, 0.29) is 17.3 Å². The smallest absolute Gasteiger partial charge is 0.275 e. The number of rotatable bonds is 5. The van der Waals surface area contributed by atoms with Gasteiger partial charge in [-0.25, -0.2) is 4.98 Å². The number of carbonyl (C=O) groups excluding carboxylic acids is 2. The fraction of sp³-hybridized carbons (Fsp3) is 0.286. The second kappa shape index (κ2) is 8.73. The first kappa shape index (κ1) is 19.6. The van der Waals surface area contributed by atoms with Crippen LogP contribution in [0.3, 0.4) is 0 Å². The zero-order valence-corrected chi connectivity index (χ0v) is 16.7. The van der Waals surface area contributed by atoms with Gasteiger partial charge in [-0.2, -0.15) is 5.10 Å². The van der Waals surface area contributed by atoms with Crippen LogP contribution in [0.25, 0.3) is 0 Å². The minimum atomic E-state index is -0.419. The van der Waals surface area contributed by atoms with E-state index in [0.29, 0.717) is 11.3 Å². The molecule has 4 heterocycles. The van der Waals surface area contributed by atoms with E-state index in [1.54, 1.807) is 18.5 Å². The molecule has 9 heteroatoms. The normalized spacial score (nSPS) is 13.7. The lowest BCUT2D eigenvalue weighted by molar-refractivity contribution is 0.102. The molecule has 0 bridgehead atoms. The average molecular weight is 405 g/mol. The van der Waals surface area contributed by atoms with Crippen molar-refractivity contribution in [3.63, 3.8) is 0 Å². The molecule has 9 nitrogen and oxygen atoms in total. The first-order valence-electron chi connectivity index (χ1n) is 9.89. The second-order valence-corrected chi connectivity index (χ2v) is 7.27. The molecule has 154 valence electrons. The maximum atomic E-state index is 12.7. The van der Waals surface area contributed by atoms with Crippen LogP contribution in [-0.4, -0.2) is 45.1 Å². The average Bonchev–Trinajstić information content (AvgIpc) is 3.23. The Kier molecular flexibility index (Phi) is 5.69. The highest BCUT2D eigenvalue weighted by atomic mass is 16.2. The second-order valence-electron chi connectivity index (χ2n) is 7.27. The van der Waals surface area contributed by atoms with E-state index in [1.807, 2.05) is 19.1 Å². The van der Waals surface area contributed by atoms with Gasteiger partial charge in [0.15, 0.2) is 0 Å². The van der Waals surface area contributed by atoms with Gasteiger partial charge in [-0.05, 0) is 49.9 Å². The Morgan fingerprint density at radius 1 is 1.00 bits per heavy atom. The van der Waals surface area contributed by atoms with Crippen LogP contribution >= 0.6 is 0 Å². The quantitative estimate of drug-likeness (QED) is 0.601. The third-order valence-corrected chi connectivity index (χ3v) is 4.94. The van der Waals surface area contributed by atoms with Gasteiger partial charge in [0.05, 0.1) is 29.3 Å². The van der Waals surface area contributed by atoms with Crippen LogP contribution in [-0.2, 0) is 0 Å². The van der Waals surface area contributed by atoms with Gasteiger partial charge in [-0.1, -0.05) is 0 Å². The van der Waals surface area contributed by atoms with Crippen molar-refractivity contribution < 1.29 is 9.59 Å². The Morgan fingerprint density at radius 2 is 1.83 bits per heavy atom. The lowest BCUT2D eigenvalue weighted by Crippen LogP contribution is -2.30. The van der Waals surface area contributed by atoms with Crippen molar-refractivity contribution in [1.82, 2.24) is 20.2 Å². The fourth-order valence-corrected chi connectivity index (χ4v) is 3.39. The van der Waals surface area contributed by atoms with Crippen LogP contribution in [0.5, 0.6) is 0 Å². The molecule has 1 fully saturated rings. The maximum absolute atomic E-state index is 12.7. The van der Waals surface area contributed by atoms with Crippen LogP contribution < -0.4 is 15.5 Å². The van der Waals surface area contributed by atoms with Crippen molar-refractivity contribution in [3.8, 4) is 0 Å². The molecular weight excluding hydrogens is 382 g/mol. The third-order valence-electron chi connectivity index (χ3n) is 4.94. The minimum absolute atomic E-state index is 0.157. The summed E-state index contributed by atoms with van der Waals surface area (Å²) >= 11 is 0. The molecule has 1 saturated heterocycles. The molecule has 0 unspecified atom stereocenters. The molecule has 3 aromatic rings. The van der Waals surface area contributed by atoms with Gasteiger partial charge >= 0.3 is 0 Å². The van der Waals surface area contributed by atoms with E-state index >= 15 is 0 Å². The van der Waals surface area contributed by atoms with E-state index in [4.69, 9.17) is 0 Å². The molecule has 0 saturated carbocycles. The molecule has 0 aromatic carbocycles. The topological polar surface area (TPSA) is 116 Å². The van der Waals surface area contributed by atoms with E-state index in [2.05, 4.69) is 35.7 Å². The number of hydrogen-bond acceptors (Lipinski definition) is 6. The summed E-state index contributed by atoms with van der Waals surface area (Å²) in [6.07, 6.45) is 9.77. The third kappa shape index (κ3) is 4.45. The number of hydrogen-bond donors (Lipinski definition) is 3. The number of carbonyl (C=O) groups is 2. The molecule has 3 N–H and O–H groups in total. The molecule has 1 aliphatic rings. The van der Waals surface area contributed by atoms with E-state index in [1.165, 1.54) is 31.7 Å². The number of aromatic nitrogens is 4. The van der Waals surface area contributed by atoms with Crippen molar-refractivity contribution in [3.05, 3.63) is 59.8 Å². The number of pyridine rings is 2. The van der Waals surface area contributed by atoms with Gasteiger partial charge in [-0.3, -0.25) is 19.7 Å². The highest BCUT2D eigenvalue weighted by Gasteiger charge is 2.18. The predicted molar refractivity (Wildman–Crippen MR) is 114 cm³/mol. The summed E-state index contributed by atoms with van der Waals surface area (Å²) < 4.78 is 0. The van der Waals surface area contributed by atoms with Crippen molar-refractivity contribution in [2.75, 3.05) is 28.6 Å². The highest BCUT2D eigenvalue weighted by molar-refractivity contribution is 6.11. The largest absolute Gasteiger partial charge is 0.357 e. The van der Waals surface area contributed by atoms with Crippen LogP contribution in [0.2, 0.25) is 0 Å². The molecule has 1 aliphatic heterocycles. The van der Waals surface area contributed by atoms with E-state index in [9.17, 15) is 9.59 Å². The number of nitrogens with one attached hydrogen (secondary N) is 3. The molecule has 0 aliphatic carbocycles. The maximum Gasteiger partial charge on any atom is 0.275 e. The summed E-state index contributed by atoms with van der Waals surface area (Å²) in [6.45, 7) is 3.86. The van der Waals surface area contributed by atoms with Gasteiger partial charge < -0.3 is 15.5 Å². The van der Waals surface area contributed by atoms with E-state index in [0.717, 1.165) is 24.5 Å². The lowest BCUT2D eigenvalue weighted by atomic mass is 10.1. The predicted octanol–water partition coefficient (Wildman–Crippen LogP) is 3.00. The Morgan fingerprint density at radius 3 is 2.57 bits per heavy atom. The standard InChI is InChI=1S/C21H23N7O2/c1-14-9-15(11-22-10-14)20(29)26-17-13-24-27-19(17)21(30)25-16-5-6-18(23-12-16)28-7-3-2-4-8-28/h5-6,9-13H,2-4,7-8H2,1H3,(H,24,27)(H,25,30)(H,26,29). The number of aromatic amines is 1. The van der Waals surface area contributed by atoms with Crippen molar-refractivity contribution >= 4 is 29.0 Å². The van der Waals surface area contributed by atoms with Gasteiger partial charge in [-0.15, -0.1) is 0 Å². The van der Waals surface area contributed by atoms with Crippen molar-refractivity contribution in [2.45, 2.75) is 26.2 Å². The van der Waals surface area contributed by atoms with Gasteiger partial charge in [0.2, 0.25) is 0 Å². The fourth-order valence-electron chi connectivity index (χ4n) is 3.39. The number of anilines is 3. The monoisotopic (exact) mass is 405 g/mol. The summed E-state index contributed by atoms with van der Waals surface area (Å²) in [5.41, 5.74) is 2.28. The number of amides is 2. The molecule has 30 heavy (non-hydrogen) atoms. The summed E-state index contributed by atoms with van der Waals surface area (Å²) in [6, 6.07) is 5.45. The summed E-state index contributed by atoms with van der Waals surface area (Å²) in [4.78, 5) is 35.8. The van der Waals surface area contributed by atoms with Crippen LogP contribution in [0.15, 0.2) is 43.0 Å². The van der Waals surface area contributed by atoms with Gasteiger partial charge in [0, 0.05) is 25.5 Å². The summed E-state index contributed by atoms with van der Waals surface area (Å²) in [5, 5.41) is 12.0. The molecule has 0 spiro atoms. The molecule has 3 aromatic heterocycles. The molecule has 2 amide bonds. The van der Waals surface area contributed by atoms with Gasteiger partial charge in [0.1, 0.15) is 11.5 Å².